The highest BCUT2D eigenvalue weighted by molar-refractivity contribution is 5.77. The van der Waals surface area contributed by atoms with E-state index in [1.165, 1.54) is 13.2 Å². The van der Waals surface area contributed by atoms with Crippen molar-refractivity contribution in [3.63, 3.8) is 0 Å². The Balaban J connectivity index is 3.11. The molecule has 0 amide bonds. The standard InChI is InChI=1S/C12H15F2NO2/c1-12(2,11(16)17-3)10(15)8-5-4-7(13)6-9(8)14/h4-6,10H,15H2,1-3H3/t10-/m1/s1. The highest BCUT2D eigenvalue weighted by Gasteiger charge is 2.37. The number of hydrogen-bond donors (Lipinski definition) is 1. The molecular formula is C12H15F2NO2. The molecule has 0 aliphatic heterocycles. The third-order valence-corrected chi connectivity index (χ3v) is 2.79. The molecule has 2 N–H and O–H groups in total. The van der Waals surface area contributed by atoms with Gasteiger partial charge in [-0.3, -0.25) is 4.79 Å². The zero-order valence-electron chi connectivity index (χ0n) is 9.96. The molecule has 1 aromatic rings. The second-order valence-electron chi connectivity index (χ2n) is 4.36. The van der Waals surface area contributed by atoms with Gasteiger partial charge < -0.3 is 10.5 Å². The van der Waals surface area contributed by atoms with E-state index in [4.69, 9.17) is 5.73 Å². The lowest BCUT2D eigenvalue weighted by Crippen LogP contribution is -2.37. The number of nitrogens with two attached hydrogens (primary N) is 1. The predicted octanol–water partition coefficient (Wildman–Crippen LogP) is 2.16. The summed E-state index contributed by atoms with van der Waals surface area (Å²) < 4.78 is 30.9. The number of benzene rings is 1. The summed E-state index contributed by atoms with van der Waals surface area (Å²) in [5.74, 6) is -2.00. The quantitative estimate of drug-likeness (QED) is 0.828. The maximum atomic E-state index is 13.5. The van der Waals surface area contributed by atoms with E-state index in [0.717, 1.165) is 12.1 Å². The number of hydrogen-bond acceptors (Lipinski definition) is 3. The molecule has 0 spiro atoms. The summed E-state index contributed by atoms with van der Waals surface area (Å²) in [5.41, 5.74) is 4.83. The Kier molecular flexibility index (Phi) is 3.83. The van der Waals surface area contributed by atoms with Crippen molar-refractivity contribution in [3.05, 3.63) is 35.4 Å². The SMILES string of the molecule is COC(=O)C(C)(C)[C@H](N)c1ccc(F)cc1F. The zero-order valence-corrected chi connectivity index (χ0v) is 9.96. The van der Waals surface area contributed by atoms with E-state index in [0.29, 0.717) is 0 Å². The van der Waals surface area contributed by atoms with E-state index in [2.05, 4.69) is 4.74 Å². The van der Waals surface area contributed by atoms with Crippen molar-refractivity contribution in [1.29, 1.82) is 0 Å². The Morgan fingerprint density at radius 1 is 1.41 bits per heavy atom. The van der Waals surface area contributed by atoms with Gasteiger partial charge in [-0.25, -0.2) is 8.78 Å². The van der Waals surface area contributed by atoms with E-state index in [9.17, 15) is 13.6 Å². The van der Waals surface area contributed by atoms with Gasteiger partial charge in [0.05, 0.1) is 12.5 Å². The molecular weight excluding hydrogens is 228 g/mol. The maximum absolute atomic E-state index is 13.5. The van der Waals surface area contributed by atoms with Crippen LogP contribution in [0.4, 0.5) is 8.78 Å². The molecule has 5 heteroatoms. The molecule has 0 unspecified atom stereocenters. The number of rotatable bonds is 3. The van der Waals surface area contributed by atoms with Crippen molar-refractivity contribution < 1.29 is 18.3 Å². The van der Waals surface area contributed by atoms with Gasteiger partial charge in [0.15, 0.2) is 0 Å². The van der Waals surface area contributed by atoms with Crippen LogP contribution in [0.15, 0.2) is 18.2 Å². The highest BCUT2D eigenvalue weighted by atomic mass is 19.1. The van der Waals surface area contributed by atoms with Crippen molar-refractivity contribution in [1.82, 2.24) is 0 Å². The lowest BCUT2D eigenvalue weighted by atomic mass is 9.81. The highest BCUT2D eigenvalue weighted by Crippen LogP contribution is 2.33. The fraction of sp³-hybridized carbons (Fsp3) is 0.417. The first-order valence-electron chi connectivity index (χ1n) is 5.09. The van der Waals surface area contributed by atoms with Crippen LogP contribution in [0.25, 0.3) is 0 Å². The average molecular weight is 243 g/mol. The van der Waals surface area contributed by atoms with Crippen LogP contribution in [-0.2, 0) is 9.53 Å². The molecule has 1 aromatic carbocycles. The van der Waals surface area contributed by atoms with Crippen molar-refractivity contribution in [2.45, 2.75) is 19.9 Å². The van der Waals surface area contributed by atoms with E-state index in [1.807, 2.05) is 0 Å². The van der Waals surface area contributed by atoms with Gasteiger partial charge >= 0.3 is 5.97 Å². The van der Waals surface area contributed by atoms with Crippen molar-refractivity contribution in [3.8, 4) is 0 Å². The van der Waals surface area contributed by atoms with Gasteiger partial charge in [0.1, 0.15) is 11.6 Å². The Labute approximate surface area is 98.6 Å². The first kappa shape index (κ1) is 13.6. The summed E-state index contributed by atoms with van der Waals surface area (Å²) in [6.07, 6.45) is 0. The predicted molar refractivity (Wildman–Crippen MR) is 59.1 cm³/mol. The molecule has 0 bridgehead atoms. The van der Waals surface area contributed by atoms with E-state index in [-0.39, 0.29) is 5.56 Å². The number of methoxy groups -OCH3 is 1. The summed E-state index contributed by atoms with van der Waals surface area (Å²) in [4.78, 5) is 11.5. The number of carbonyl (C=O) groups excluding carboxylic acids is 1. The van der Waals surface area contributed by atoms with Crippen LogP contribution in [0.2, 0.25) is 0 Å². The molecule has 0 aliphatic rings. The molecule has 0 saturated heterocycles. The van der Waals surface area contributed by atoms with Gasteiger partial charge in [0.25, 0.3) is 0 Å². The number of esters is 1. The normalized spacial score (nSPS) is 13.3. The molecule has 0 aromatic heterocycles. The summed E-state index contributed by atoms with van der Waals surface area (Å²) >= 11 is 0. The number of ether oxygens (including phenoxy) is 1. The Morgan fingerprint density at radius 3 is 2.47 bits per heavy atom. The second-order valence-corrected chi connectivity index (χ2v) is 4.36. The molecule has 1 rings (SSSR count). The number of halogens is 2. The average Bonchev–Trinajstić information content (AvgIpc) is 2.27. The van der Waals surface area contributed by atoms with Crippen molar-refractivity contribution >= 4 is 5.97 Å². The minimum Gasteiger partial charge on any atom is -0.469 e. The molecule has 0 heterocycles. The van der Waals surface area contributed by atoms with Crippen LogP contribution in [-0.4, -0.2) is 13.1 Å². The van der Waals surface area contributed by atoms with E-state index < -0.39 is 29.1 Å². The summed E-state index contributed by atoms with van der Waals surface area (Å²) in [6, 6.07) is 2.17. The molecule has 94 valence electrons. The zero-order chi connectivity index (χ0) is 13.2. The van der Waals surface area contributed by atoms with Gasteiger partial charge in [0.2, 0.25) is 0 Å². The summed E-state index contributed by atoms with van der Waals surface area (Å²) in [7, 11) is 1.23. The third-order valence-electron chi connectivity index (χ3n) is 2.79. The summed E-state index contributed by atoms with van der Waals surface area (Å²) in [5, 5.41) is 0. The van der Waals surface area contributed by atoms with Crippen molar-refractivity contribution in [2.75, 3.05) is 7.11 Å². The smallest absolute Gasteiger partial charge is 0.313 e. The van der Waals surface area contributed by atoms with Crippen LogP contribution in [0.3, 0.4) is 0 Å². The van der Waals surface area contributed by atoms with Gasteiger partial charge in [0, 0.05) is 17.7 Å². The van der Waals surface area contributed by atoms with Gasteiger partial charge in [-0.05, 0) is 19.9 Å². The van der Waals surface area contributed by atoms with E-state index >= 15 is 0 Å². The fourth-order valence-electron chi connectivity index (χ4n) is 1.53. The Bertz CT molecular complexity index is 433. The minimum absolute atomic E-state index is 0.0850. The maximum Gasteiger partial charge on any atom is 0.313 e. The fourth-order valence-corrected chi connectivity index (χ4v) is 1.53. The first-order valence-corrected chi connectivity index (χ1v) is 5.09. The lowest BCUT2D eigenvalue weighted by Gasteiger charge is -2.29. The molecule has 1 atom stereocenters. The Morgan fingerprint density at radius 2 is 2.00 bits per heavy atom. The van der Waals surface area contributed by atoms with Crippen LogP contribution in [0, 0.1) is 17.0 Å². The molecule has 0 saturated carbocycles. The van der Waals surface area contributed by atoms with Crippen LogP contribution >= 0.6 is 0 Å². The van der Waals surface area contributed by atoms with Gasteiger partial charge in [-0.2, -0.15) is 0 Å². The minimum atomic E-state index is -1.09. The van der Waals surface area contributed by atoms with Crippen LogP contribution in [0.5, 0.6) is 0 Å². The number of carbonyl (C=O) groups is 1. The van der Waals surface area contributed by atoms with Gasteiger partial charge in [-0.15, -0.1) is 0 Å². The molecule has 17 heavy (non-hydrogen) atoms. The third kappa shape index (κ3) is 2.61. The van der Waals surface area contributed by atoms with Crippen LogP contribution in [0.1, 0.15) is 25.5 Å². The Hall–Kier alpha value is -1.49. The molecule has 0 radical (unpaired) electrons. The van der Waals surface area contributed by atoms with Gasteiger partial charge in [-0.1, -0.05) is 6.07 Å². The first-order chi connectivity index (χ1) is 7.80. The summed E-state index contributed by atoms with van der Waals surface area (Å²) in [6.45, 7) is 3.10. The van der Waals surface area contributed by atoms with E-state index in [1.54, 1.807) is 13.8 Å². The van der Waals surface area contributed by atoms with Crippen LogP contribution < -0.4 is 5.73 Å². The lowest BCUT2D eigenvalue weighted by molar-refractivity contribution is -0.152. The molecule has 0 aliphatic carbocycles. The topological polar surface area (TPSA) is 52.3 Å². The molecule has 3 nitrogen and oxygen atoms in total. The molecule has 0 fully saturated rings. The second kappa shape index (κ2) is 4.79. The van der Waals surface area contributed by atoms with Crippen molar-refractivity contribution in [2.24, 2.45) is 11.1 Å². The largest absolute Gasteiger partial charge is 0.469 e. The monoisotopic (exact) mass is 243 g/mol.